The number of nitrogens with one attached hydrogen (secondary N) is 1. The van der Waals surface area contributed by atoms with Gasteiger partial charge in [0.05, 0.1) is 12.5 Å². The predicted octanol–water partition coefficient (Wildman–Crippen LogP) is 4.78. The number of ether oxygens (including phenoxy) is 1. The summed E-state index contributed by atoms with van der Waals surface area (Å²) in [5.41, 5.74) is 0.788. The first-order valence-corrected chi connectivity index (χ1v) is 13.7. The molecule has 0 bridgehead atoms. The van der Waals surface area contributed by atoms with Gasteiger partial charge in [-0.2, -0.15) is 4.31 Å². The highest BCUT2D eigenvalue weighted by molar-refractivity contribution is 7.98. The van der Waals surface area contributed by atoms with Crippen LogP contribution >= 0.6 is 11.8 Å². The van der Waals surface area contributed by atoms with E-state index in [0.29, 0.717) is 18.6 Å². The Labute approximate surface area is 205 Å². The Hall–Kier alpha value is -2.81. The number of carbonyl (C=O) groups is 1. The molecule has 1 fully saturated rings. The van der Waals surface area contributed by atoms with Gasteiger partial charge in [-0.05, 0) is 61.1 Å². The van der Waals surface area contributed by atoms with Crippen LogP contribution in [0.5, 0.6) is 5.75 Å². The maximum absolute atomic E-state index is 13.7. The molecule has 0 aliphatic carbocycles. The van der Waals surface area contributed by atoms with E-state index in [4.69, 9.17) is 4.74 Å². The van der Waals surface area contributed by atoms with E-state index in [1.165, 1.54) is 11.4 Å². The fourth-order valence-corrected chi connectivity index (χ4v) is 6.41. The summed E-state index contributed by atoms with van der Waals surface area (Å²) in [6.45, 7) is 0.461. The third-order valence-electron chi connectivity index (χ3n) is 6.37. The monoisotopic (exact) mass is 496 g/mol. The number of hydrogen-bond donors (Lipinski definition) is 1. The summed E-state index contributed by atoms with van der Waals surface area (Å²) < 4.78 is 33.5. The van der Waals surface area contributed by atoms with Gasteiger partial charge < -0.3 is 10.1 Å². The molecule has 34 heavy (non-hydrogen) atoms. The van der Waals surface area contributed by atoms with Gasteiger partial charge in [-0.15, -0.1) is 11.8 Å². The van der Waals surface area contributed by atoms with Crippen LogP contribution in [0.3, 0.4) is 0 Å². The molecule has 1 saturated heterocycles. The molecule has 3 aromatic carbocycles. The Kier molecular flexibility index (Phi) is 7.30. The lowest BCUT2D eigenvalue weighted by atomic mass is 9.72. The number of nitrogens with zero attached hydrogens (tertiary/aromatic N) is 1. The Morgan fingerprint density at radius 2 is 1.56 bits per heavy atom. The zero-order valence-corrected chi connectivity index (χ0v) is 20.9. The van der Waals surface area contributed by atoms with Crippen LogP contribution in [0.15, 0.2) is 88.7 Å². The van der Waals surface area contributed by atoms with E-state index in [9.17, 15) is 13.2 Å². The first kappa shape index (κ1) is 24.3. The van der Waals surface area contributed by atoms with Gasteiger partial charge >= 0.3 is 0 Å². The molecule has 1 aliphatic heterocycles. The number of sulfonamides is 1. The van der Waals surface area contributed by atoms with Gasteiger partial charge in [-0.3, -0.25) is 4.79 Å². The lowest BCUT2D eigenvalue weighted by Crippen LogP contribution is -2.50. The van der Waals surface area contributed by atoms with E-state index in [1.54, 1.807) is 36.0 Å². The lowest BCUT2D eigenvalue weighted by molar-refractivity contribution is -0.123. The summed E-state index contributed by atoms with van der Waals surface area (Å²) in [5, 5.41) is 3.07. The fraction of sp³-hybridized carbons (Fsp3) is 0.269. The fourth-order valence-electron chi connectivity index (χ4n) is 4.41. The molecule has 1 aliphatic rings. The van der Waals surface area contributed by atoms with Crippen molar-refractivity contribution in [3.8, 4) is 5.75 Å². The average Bonchev–Trinajstić information content (AvgIpc) is 2.89. The number of anilines is 1. The van der Waals surface area contributed by atoms with Crippen molar-refractivity contribution in [1.29, 1.82) is 0 Å². The van der Waals surface area contributed by atoms with Crippen molar-refractivity contribution in [3.05, 3.63) is 84.4 Å². The highest BCUT2D eigenvalue weighted by Crippen LogP contribution is 2.39. The van der Waals surface area contributed by atoms with Gasteiger partial charge in [0.15, 0.2) is 0 Å². The van der Waals surface area contributed by atoms with Crippen LogP contribution in [0.1, 0.15) is 18.4 Å². The van der Waals surface area contributed by atoms with Gasteiger partial charge in [-0.25, -0.2) is 8.42 Å². The Balaban J connectivity index is 1.60. The number of piperidine rings is 1. The second kappa shape index (κ2) is 10.2. The van der Waals surface area contributed by atoms with Gasteiger partial charge in [0, 0.05) is 23.7 Å². The molecular formula is C26H28N2O4S2. The van der Waals surface area contributed by atoms with Crippen molar-refractivity contribution >= 4 is 33.4 Å². The molecule has 0 atom stereocenters. The van der Waals surface area contributed by atoms with E-state index in [1.807, 2.05) is 60.9 Å². The number of amides is 1. The topological polar surface area (TPSA) is 75.7 Å². The molecule has 4 rings (SSSR count). The van der Waals surface area contributed by atoms with Crippen LogP contribution < -0.4 is 10.1 Å². The summed E-state index contributed by atoms with van der Waals surface area (Å²) in [6.07, 6.45) is 2.76. The quantitative estimate of drug-likeness (QED) is 0.477. The van der Waals surface area contributed by atoms with Gasteiger partial charge in [0.2, 0.25) is 15.9 Å². The Morgan fingerprint density at radius 1 is 0.941 bits per heavy atom. The minimum atomic E-state index is -3.76. The maximum Gasteiger partial charge on any atom is 0.246 e. The third-order valence-corrected chi connectivity index (χ3v) is 9.05. The van der Waals surface area contributed by atoms with Crippen molar-refractivity contribution < 1.29 is 17.9 Å². The smallest absolute Gasteiger partial charge is 0.246 e. The lowest BCUT2D eigenvalue weighted by Gasteiger charge is -2.40. The number of benzene rings is 3. The highest BCUT2D eigenvalue weighted by Gasteiger charge is 2.45. The summed E-state index contributed by atoms with van der Waals surface area (Å²) in [5.74, 6) is 0.193. The van der Waals surface area contributed by atoms with Crippen LogP contribution in [0.25, 0.3) is 0 Å². The highest BCUT2D eigenvalue weighted by atomic mass is 32.2. The number of thioether (sulfide) groups is 1. The largest absolute Gasteiger partial charge is 0.495 e. The molecule has 1 amide bonds. The van der Waals surface area contributed by atoms with E-state index in [2.05, 4.69) is 5.32 Å². The Bertz CT molecular complexity index is 1240. The SMILES string of the molecule is COc1ccccc1S(=O)(=O)N1CCC(C(=O)Nc2ccc(SC)cc2)(c2ccccc2)CC1. The first-order chi connectivity index (χ1) is 16.4. The van der Waals surface area contributed by atoms with E-state index >= 15 is 0 Å². The average molecular weight is 497 g/mol. The second-order valence-electron chi connectivity index (χ2n) is 8.19. The molecule has 0 unspecified atom stereocenters. The number of methoxy groups -OCH3 is 1. The van der Waals surface area contributed by atoms with E-state index in [-0.39, 0.29) is 23.9 Å². The minimum absolute atomic E-state index is 0.120. The summed E-state index contributed by atoms with van der Waals surface area (Å²) in [7, 11) is -2.30. The first-order valence-electron chi connectivity index (χ1n) is 11.0. The van der Waals surface area contributed by atoms with Crippen LogP contribution in [0.2, 0.25) is 0 Å². The summed E-state index contributed by atoms with van der Waals surface area (Å²) >= 11 is 1.64. The van der Waals surface area contributed by atoms with Gasteiger partial charge in [0.25, 0.3) is 0 Å². The van der Waals surface area contributed by atoms with Crippen LogP contribution in [0, 0.1) is 0 Å². The molecule has 6 nitrogen and oxygen atoms in total. The second-order valence-corrected chi connectivity index (χ2v) is 11.0. The number of para-hydroxylation sites is 1. The van der Waals surface area contributed by atoms with Crippen LogP contribution in [-0.4, -0.2) is 45.1 Å². The van der Waals surface area contributed by atoms with E-state index in [0.717, 1.165) is 16.1 Å². The molecule has 0 radical (unpaired) electrons. The van der Waals surface area contributed by atoms with Crippen LogP contribution in [0.4, 0.5) is 5.69 Å². The minimum Gasteiger partial charge on any atom is -0.495 e. The zero-order chi connectivity index (χ0) is 24.2. The maximum atomic E-state index is 13.7. The molecule has 1 N–H and O–H groups in total. The van der Waals surface area contributed by atoms with E-state index < -0.39 is 15.4 Å². The molecule has 1 heterocycles. The standard InChI is InChI=1S/C26H28N2O4S2/c1-32-23-10-6-7-11-24(23)34(30,31)28-18-16-26(17-19-28,20-8-4-3-5-9-20)25(29)27-21-12-14-22(33-2)15-13-21/h3-15H,16-19H2,1-2H3,(H,27,29). The molecule has 178 valence electrons. The van der Waals surface area contributed by atoms with Crippen molar-refractivity contribution in [2.45, 2.75) is 28.0 Å². The number of rotatable bonds is 7. The van der Waals surface area contributed by atoms with Crippen LogP contribution in [-0.2, 0) is 20.2 Å². The summed E-state index contributed by atoms with van der Waals surface area (Å²) in [6, 6.07) is 24.0. The Morgan fingerprint density at radius 3 is 2.18 bits per heavy atom. The molecule has 0 spiro atoms. The predicted molar refractivity (Wildman–Crippen MR) is 136 cm³/mol. The molecule has 3 aromatic rings. The summed E-state index contributed by atoms with van der Waals surface area (Å²) in [4.78, 5) is 14.9. The van der Waals surface area contributed by atoms with Crippen molar-refractivity contribution in [3.63, 3.8) is 0 Å². The van der Waals surface area contributed by atoms with Crippen molar-refractivity contribution in [2.24, 2.45) is 0 Å². The van der Waals surface area contributed by atoms with Crippen molar-refractivity contribution in [2.75, 3.05) is 31.8 Å². The normalized spacial score (nSPS) is 16.1. The number of carbonyl (C=O) groups excluding carboxylic acids is 1. The third kappa shape index (κ3) is 4.71. The molecular weight excluding hydrogens is 468 g/mol. The molecule has 8 heteroatoms. The van der Waals surface area contributed by atoms with Gasteiger partial charge in [-0.1, -0.05) is 42.5 Å². The van der Waals surface area contributed by atoms with Crippen molar-refractivity contribution in [1.82, 2.24) is 4.31 Å². The van der Waals surface area contributed by atoms with Gasteiger partial charge in [0.1, 0.15) is 10.6 Å². The zero-order valence-electron chi connectivity index (χ0n) is 19.2. The molecule has 0 aromatic heterocycles. The molecule has 0 saturated carbocycles. The number of hydrogen-bond acceptors (Lipinski definition) is 5.